The molecule has 0 radical (unpaired) electrons. The van der Waals surface area contributed by atoms with Gasteiger partial charge in [-0.15, -0.1) is 0 Å². The van der Waals surface area contributed by atoms with Crippen molar-refractivity contribution < 1.29 is 4.39 Å². The molecule has 1 aromatic carbocycles. The first-order valence-corrected chi connectivity index (χ1v) is 6.62. The Bertz CT molecular complexity index is 573. The molecule has 0 aliphatic heterocycles. The van der Waals surface area contributed by atoms with Crippen LogP contribution >= 0.6 is 0 Å². The third-order valence-corrected chi connectivity index (χ3v) is 3.21. The van der Waals surface area contributed by atoms with Crippen molar-refractivity contribution in [2.45, 2.75) is 39.8 Å². The van der Waals surface area contributed by atoms with Gasteiger partial charge in [0.1, 0.15) is 5.82 Å². The molecule has 0 spiro atoms. The van der Waals surface area contributed by atoms with Gasteiger partial charge in [-0.1, -0.05) is 13.0 Å². The van der Waals surface area contributed by atoms with Gasteiger partial charge in [0.2, 0.25) is 0 Å². The van der Waals surface area contributed by atoms with Crippen molar-refractivity contribution in [1.29, 1.82) is 0 Å². The average Bonchev–Trinajstić information content (AvgIpc) is 2.71. The van der Waals surface area contributed by atoms with Crippen molar-refractivity contribution >= 4 is 0 Å². The van der Waals surface area contributed by atoms with Gasteiger partial charge >= 0.3 is 0 Å². The maximum absolute atomic E-state index is 14.0. The Morgan fingerprint density at radius 1 is 1.37 bits per heavy atom. The van der Waals surface area contributed by atoms with Gasteiger partial charge in [-0.05, 0) is 38.0 Å². The van der Waals surface area contributed by atoms with Crippen LogP contribution in [-0.4, -0.2) is 9.78 Å². The van der Waals surface area contributed by atoms with Gasteiger partial charge in [0.05, 0.1) is 5.69 Å². The topological polar surface area (TPSA) is 43.8 Å². The molecule has 19 heavy (non-hydrogen) atoms. The Morgan fingerprint density at radius 3 is 2.74 bits per heavy atom. The number of aryl methyl sites for hydroxylation is 2. The number of nitrogens with zero attached hydrogens (tertiary/aromatic N) is 2. The second-order valence-electron chi connectivity index (χ2n) is 4.92. The minimum atomic E-state index is -0.233. The lowest BCUT2D eigenvalue weighted by molar-refractivity contribution is 0.598. The zero-order valence-corrected chi connectivity index (χ0v) is 11.7. The number of aromatic nitrogens is 2. The number of nitrogens with two attached hydrogens (primary N) is 1. The Kier molecular flexibility index (Phi) is 4.00. The Morgan fingerprint density at radius 2 is 2.11 bits per heavy atom. The molecule has 4 heteroatoms. The van der Waals surface area contributed by atoms with Crippen LogP contribution in [0.2, 0.25) is 0 Å². The van der Waals surface area contributed by atoms with Gasteiger partial charge in [-0.2, -0.15) is 5.10 Å². The number of benzene rings is 1. The van der Waals surface area contributed by atoms with Gasteiger partial charge in [-0.3, -0.25) is 4.68 Å². The summed E-state index contributed by atoms with van der Waals surface area (Å²) in [5, 5.41) is 4.41. The molecule has 2 N–H and O–H groups in total. The van der Waals surface area contributed by atoms with Crippen molar-refractivity contribution in [2.75, 3.05) is 0 Å². The van der Waals surface area contributed by atoms with E-state index in [4.69, 9.17) is 5.73 Å². The fourth-order valence-electron chi connectivity index (χ4n) is 2.16. The summed E-state index contributed by atoms with van der Waals surface area (Å²) in [6.45, 7) is 6.73. The highest BCUT2D eigenvalue weighted by atomic mass is 19.1. The zero-order valence-electron chi connectivity index (χ0n) is 11.7. The van der Waals surface area contributed by atoms with E-state index in [1.807, 2.05) is 30.8 Å². The fourth-order valence-corrected chi connectivity index (χ4v) is 2.16. The molecule has 0 aliphatic rings. The van der Waals surface area contributed by atoms with E-state index in [2.05, 4.69) is 12.0 Å². The first-order valence-electron chi connectivity index (χ1n) is 6.62. The largest absolute Gasteiger partial charge is 0.324 e. The molecule has 102 valence electrons. The summed E-state index contributed by atoms with van der Waals surface area (Å²) < 4.78 is 15.9. The normalized spacial score (nSPS) is 12.7. The predicted molar refractivity (Wildman–Crippen MR) is 75.3 cm³/mol. The van der Waals surface area contributed by atoms with Gasteiger partial charge in [0, 0.05) is 29.9 Å². The summed E-state index contributed by atoms with van der Waals surface area (Å²) in [6, 6.07) is 4.92. The standard InChI is InChI=1S/C15H20FN3/c1-4-7-19-9-14(11(3)18-19)13-8-12(10(2)17)5-6-15(13)16/h5-6,8-10H,4,7,17H2,1-3H3. The van der Waals surface area contributed by atoms with E-state index in [-0.39, 0.29) is 11.9 Å². The van der Waals surface area contributed by atoms with Crippen LogP contribution in [0.3, 0.4) is 0 Å². The van der Waals surface area contributed by atoms with Crippen LogP contribution in [0.15, 0.2) is 24.4 Å². The van der Waals surface area contributed by atoms with Gasteiger partial charge in [-0.25, -0.2) is 4.39 Å². The van der Waals surface area contributed by atoms with Gasteiger partial charge < -0.3 is 5.73 Å². The molecule has 0 amide bonds. The van der Waals surface area contributed by atoms with Crippen molar-refractivity contribution in [2.24, 2.45) is 5.73 Å². The second-order valence-corrected chi connectivity index (χ2v) is 4.92. The lowest BCUT2D eigenvalue weighted by atomic mass is 10.0. The third kappa shape index (κ3) is 2.84. The van der Waals surface area contributed by atoms with E-state index < -0.39 is 0 Å². The molecule has 0 fully saturated rings. The quantitative estimate of drug-likeness (QED) is 0.916. The SMILES string of the molecule is CCCn1cc(-c2cc(C(C)N)ccc2F)c(C)n1. The summed E-state index contributed by atoms with van der Waals surface area (Å²) in [5.41, 5.74) is 9.05. The van der Waals surface area contributed by atoms with Crippen LogP contribution in [0.25, 0.3) is 11.1 Å². The molecule has 1 heterocycles. The lowest BCUT2D eigenvalue weighted by Gasteiger charge is -2.09. The van der Waals surface area contributed by atoms with Crippen LogP contribution in [-0.2, 0) is 6.54 Å². The molecule has 0 saturated heterocycles. The molecule has 3 nitrogen and oxygen atoms in total. The highest BCUT2D eigenvalue weighted by Crippen LogP contribution is 2.28. The first-order chi connectivity index (χ1) is 9.02. The fraction of sp³-hybridized carbons (Fsp3) is 0.400. The minimum absolute atomic E-state index is 0.106. The third-order valence-electron chi connectivity index (χ3n) is 3.21. The lowest BCUT2D eigenvalue weighted by Crippen LogP contribution is -2.05. The Balaban J connectivity index is 2.48. The summed E-state index contributed by atoms with van der Waals surface area (Å²) in [4.78, 5) is 0. The highest BCUT2D eigenvalue weighted by molar-refractivity contribution is 5.66. The van der Waals surface area contributed by atoms with E-state index in [1.54, 1.807) is 6.07 Å². The van der Waals surface area contributed by atoms with Gasteiger partial charge in [0.15, 0.2) is 0 Å². The molecular formula is C15H20FN3. The highest BCUT2D eigenvalue weighted by Gasteiger charge is 2.13. The Hall–Kier alpha value is -1.68. The van der Waals surface area contributed by atoms with Crippen molar-refractivity contribution in [3.63, 3.8) is 0 Å². The predicted octanol–water partition coefficient (Wildman–Crippen LogP) is 3.43. The molecule has 1 unspecified atom stereocenters. The van der Waals surface area contributed by atoms with E-state index >= 15 is 0 Å². The van der Waals surface area contributed by atoms with Crippen LogP contribution in [0.4, 0.5) is 4.39 Å². The zero-order chi connectivity index (χ0) is 14.0. The first kappa shape index (κ1) is 13.7. The maximum atomic E-state index is 14.0. The van der Waals surface area contributed by atoms with Crippen molar-refractivity contribution in [3.05, 3.63) is 41.5 Å². The maximum Gasteiger partial charge on any atom is 0.131 e. The number of hydrogen-bond acceptors (Lipinski definition) is 2. The monoisotopic (exact) mass is 261 g/mol. The molecule has 0 saturated carbocycles. The molecule has 1 aromatic heterocycles. The molecule has 0 bridgehead atoms. The van der Waals surface area contributed by atoms with Crippen LogP contribution in [0, 0.1) is 12.7 Å². The summed E-state index contributed by atoms with van der Waals surface area (Å²) in [6.07, 6.45) is 2.91. The molecular weight excluding hydrogens is 241 g/mol. The number of halogens is 1. The van der Waals surface area contributed by atoms with Crippen molar-refractivity contribution in [3.8, 4) is 11.1 Å². The number of hydrogen-bond donors (Lipinski definition) is 1. The summed E-state index contributed by atoms with van der Waals surface area (Å²) in [5.74, 6) is -0.233. The van der Waals surface area contributed by atoms with Crippen LogP contribution in [0.5, 0.6) is 0 Å². The molecule has 0 aliphatic carbocycles. The smallest absolute Gasteiger partial charge is 0.131 e. The van der Waals surface area contributed by atoms with Gasteiger partial charge in [0.25, 0.3) is 0 Å². The minimum Gasteiger partial charge on any atom is -0.324 e. The average molecular weight is 261 g/mol. The van der Waals surface area contributed by atoms with E-state index in [9.17, 15) is 4.39 Å². The summed E-state index contributed by atoms with van der Waals surface area (Å²) in [7, 11) is 0. The molecule has 2 rings (SSSR count). The van der Waals surface area contributed by atoms with E-state index in [1.165, 1.54) is 6.07 Å². The van der Waals surface area contributed by atoms with Crippen LogP contribution < -0.4 is 5.73 Å². The van der Waals surface area contributed by atoms with Crippen molar-refractivity contribution in [1.82, 2.24) is 9.78 Å². The molecule has 1 atom stereocenters. The molecule has 2 aromatic rings. The summed E-state index contributed by atoms with van der Waals surface area (Å²) >= 11 is 0. The Labute approximate surface area is 113 Å². The number of rotatable bonds is 4. The van der Waals surface area contributed by atoms with E-state index in [0.29, 0.717) is 5.56 Å². The van der Waals surface area contributed by atoms with Crippen LogP contribution in [0.1, 0.15) is 37.6 Å². The van der Waals surface area contributed by atoms with E-state index in [0.717, 1.165) is 29.8 Å². The second kappa shape index (κ2) is 5.53.